The van der Waals surface area contributed by atoms with Crippen molar-refractivity contribution in [2.75, 3.05) is 13.7 Å². The molecule has 1 aliphatic heterocycles. The minimum absolute atomic E-state index is 0.123. The van der Waals surface area contributed by atoms with Gasteiger partial charge in [0.1, 0.15) is 6.61 Å². The molecule has 108 valence electrons. The molecule has 0 saturated heterocycles. The molecule has 2 heterocycles. The van der Waals surface area contributed by atoms with Crippen molar-refractivity contribution in [3.8, 4) is 0 Å². The van der Waals surface area contributed by atoms with E-state index in [9.17, 15) is 9.59 Å². The third kappa shape index (κ3) is 2.12. The summed E-state index contributed by atoms with van der Waals surface area (Å²) in [5.41, 5.74) is 1.19. The number of carboxylic acid groups (broad SMARTS) is 1. The Balaban J connectivity index is 2.06. The van der Waals surface area contributed by atoms with Gasteiger partial charge in [-0.15, -0.1) is 0 Å². The summed E-state index contributed by atoms with van der Waals surface area (Å²) >= 11 is 0. The Bertz CT molecular complexity index is 762. The highest BCUT2D eigenvalue weighted by Gasteiger charge is 2.28. The van der Waals surface area contributed by atoms with E-state index in [1.54, 1.807) is 24.3 Å². The Morgan fingerprint density at radius 2 is 2.24 bits per heavy atom. The fraction of sp³-hybridized carbons (Fsp3) is 0.214. The number of hydrogen-bond donors (Lipinski definition) is 1. The highest BCUT2D eigenvalue weighted by molar-refractivity contribution is 6.09. The third-order valence-corrected chi connectivity index (χ3v) is 3.29. The van der Waals surface area contributed by atoms with E-state index in [1.807, 2.05) is 0 Å². The van der Waals surface area contributed by atoms with Crippen molar-refractivity contribution >= 4 is 28.9 Å². The molecule has 1 aliphatic rings. The van der Waals surface area contributed by atoms with E-state index in [0.717, 1.165) is 4.57 Å². The lowest BCUT2D eigenvalue weighted by atomic mass is 10.1. The molecule has 1 N–H and O–H groups in total. The summed E-state index contributed by atoms with van der Waals surface area (Å²) in [7, 11) is 1.30. The van der Waals surface area contributed by atoms with E-state index in [4.69, 9.17) is 9.84 Å². The molecule has 0 aliphatic carbocycles. The summed E-state index contributed by atoms with van der Waals surface area (Å²) in [4.78, 5) is 26.8. The number of aliphatic imine (C=N–C) groups is 1. The molecule has 1 aromatic heterocycles. The lowest BCUT2D eigenvalue weighted by Gasteiger charge is -2.04. The number of rotatable bonds is 2. The number of benzene rings is 1. The molecule has 7 heteroatoms. The number of hydrogen-bond acceptors (Lipinski definition) is 5. The van der Waals surface area contributed by atoms with Crippen LogP contribution in [0, 0.1) is 0 Å². The molecule has 1 atom stereocenters. The molecule has 0 fully saturated rings. The topological polar surface area (TPSA) is 90.1 Å². The molecule has 0 radical (unpaired) electrons. The van der Waals surface area contributed by atoms with Gasteiger partial charge in [0.25, 0.3) is 0 Å². The van der Waals surface area contributed by atoms with E-state index < -0.39 is 18.1 Å². The van der Waals surface area contributed by atoms with Crippen LogP contribution in [0.25, 0.3) is 10.9 Å². The molecule has 0 saturated carbocycles. The van der Waals surface area contributed by atoms with Crippen LogP contribution in [0.5, 0.6) is 0 Å². The second kappa shape index (κ2) is 4.93. The zero-order chi connectivity index (χ0) is 15.0. The maximum absolute atomic E-state index is 11.5. The van der Waals surface area contributed by atoms with E-state index in [-0.39, 0.29) is 6.61 Å². The van der Waals surface area contributed by atoms with Crippen LogP contribution in [0.1, 0.15) is 5.56 Å². The molecule has 7 nitrogen and oxygen atoms in total. The minimum Gasteiger partial charge on any atom is -0.475 e. The van der Waals surface area contributed by atoms with Gasteiger partial charge in [-0.25, -0.2) is 14.6 Å². The summed E-state index contributed by atoms with van der Waals surface area (Å²) in [6.07, 6.45) is 0.396. The van der Waals surface area contributed by atoms with Crippen molar-refractivity contribution in [1.82, 2.24) is 4.57 Å². The number of fused-ring (bicyclic) bond motifs is 1. The quantitative estimate of drug-likeness (QED) is 0.845. The van der Waals surface area contributed by atoms with Crippen LogP contribution in [0.2, 0.25) is 0 Å². The van der Waals surface area contributed by atoms with Crippen molar-refractivity contribution in [3.63, 3.8) is 0 Å². The number of ether oxygens (including phenoxy) is 2. The molecule has 1 aromatic carbocycles. The van der Waals surface area contributed by atoms with Crippen molar-refractivity contribution in [2.45, 2.75) is 6.04 Å². The Kier molecular flexibility index (Phi) is 3.09. The largest absolute Gasteiger partial charge is 0.475 e. The first-order chi connectivity index (χ1) is 10.1. The standard InChI is InChI=1S/C14H12N2O5/c1-20-13(17)10-7-21-12(15-10)9-3-2-4-11-8(9)5-6-16(11)14(18)19/h2-6,10H,7H2,1H3,(H,18,19)/t10-/m0/s1. The second-order valence-corrected chi connectivity index (χ2v) is 4.49. The highest BCUT2D eigenvalue weighted by Crippen LogP contribution is 2.23. The van der Waals surface area contributed by atoms with E-state index >= 15 is 0 Å². The first-order valence-electron chi connectivity index (χ1n) is 6.24. The number of aromatic nitrogens is 1. The van der Waals surface area contributed by atoms with E-state index in [0.29, 0.717) is 22.4 Å². The average Bonchev–Trinajstić information content (AvgIpc) is 3.12. The van der Waals surface area contributed by atoms with Crippen molar-refractivity contribution in [1.29, 1.82) is 0 Å². The van der Waals surface area contributed by atoms with Crippen LogP contribution < -0.4 is 0 Å². The van der Waals surface area contributed by atoms with E-state index in [2.05, 4.69) is 9.73 Å². The summed E-state index contributed by atoms with van der Waals surface area (Å²) < 4.78 is 11.2. The molecule has 0 bridgehead atoms. The van der Waals surface area contributed by atoms with Gasteiger partial charge < -0.3 is 14.6 Å². The fourth-order valence-electron chi connectivity index (χ4n) is 2.30. The molecular formula is C14H12N2O5. The normalized spacial score (nSPS) is 17.4. The molecular weight excluding hydrogens is 276 g/mol. The molecule has 3 rings (SSSR count). The Hall–Kier alpha value is -2.83. The summed E-state index contributed by atoms with van der Waals surface area (Å²) in [5.74, 6) is -0.139. The van der Waals surface area contributed by atoms with Gasteiger partial charge in [-0.05, 0) is 18.2 Å². The Morgan fingerprint density at radius 1 is 1.43 bits per heavy atom. The van der Waals surface area contributed by atoms with Crippen molar-refractivity contribution in [3.05, 3.63) is 36.0 Å². The van der Waals surface area contributed by atoms with Gasteiger partial charge in [0.05, 0.1) is 12.6 Å². The van der Waals surface area contributed by atoms with Gasteiger partial charge >= 0.3 is 12.1 Å². The average molecular weight is 288 g/mol. The van der Waals surface area contributed by atoms with Gasteiger partial charge in [-0.3, -0.25) is 4.57 Å². The van der Waals surface area contributed by atoms with Crippen LogP contribution >= 0.6 is 0 Å². The molecule has 21 heavy (non-hydrogen) atoms. The molecule has 2 aromatic rings. The Labute approximate surface area is 119 Å². The first-order valence-corrected chi connectivity index (χ1v) is 6.24. The predicted molar refractivity (Wildman–Crippen MR) is 73.7 cm³/mol. The molecule has 0 spiro atoms. The van der Waals surface area contributed by atoms with Crippen molar-refractivity contribution < 1.29 is 24.2 Å². The smallest absolute Gasteiger partial charge is 0.415 e. The van der Waals surface area contributed by atoms with Crippen LogP contribution in [-0.2, 0) is 14.3 Å². The van der Waals surface area contributed by atoms with Crippen LogP contribution in [-0.4, -0.2) is 47.4 Å². The van der Waals surface area contributed by atoms with Gasteiger partial charge in [0.15, 0.2) is 6.04 Å². The molecule has 0 unspecified atom stereocenters. The minimum atomic E-state index is -1.07. The first kappa shape index (κ1) is 13.2. The predicted octanol–water partition coefficient (Wildman–Crippen LogP) is 1.49. The van der Waals surface area contributed by atoms with Crippen LogP contribution in [0.4, 0.5) is 4.79 Å². The molecule has 0 amide bonds. The maximum Gasteiger partial charge on any atom is 0.415 e. The van der Waals surface area contributed by atoms with Gasteiger partial charge in [0.2, 0.25) is 5.90 Å². The number of methoxy groups -OCH3 is 1. The zero-order valence-electron chi connectivity index (χ0n) is 11.1. The zero-order valence-corrected chi connectivity index (χ0v) is 11.1. The van der Waals surface area contributed by atoms with E-state index in [1.165, 1.54) is 13.3 Å². The fourth-order valence-corrected chi connectivity index (χ4v) is 2.30. The maximum atomic E-state index is 11.5. The number of esters is 1. The second-order valence-electron chi connectivity index (χ2n) is 4.49. The summed E-state index contributed by atoms with van der Waals surface area (Å²) in [5, 5.41) is 9.81. The van der Waals surface area contributed by atoms with Crippen LogP contribution in [0.3, 0.4) is 0 Å². The SMILES string of the molecule is COC(=O)[C@@H]1COC(c2cccc3c2ccn3C(=O)O)=N1. The number of carbonyl (C=O) groups excluding carboxylic acids is 1. The monoisotopic (exact) mass is 288 g/mol. The third-order valence-electron chi connectivity index (χ3n) is 3.29. The Morgan fingerprint density at radius 3 is 2.95 bits per heavy atom. The lowest BCUT2D eigenvalue weighted by molar-refractivity contribution is -0.142. The van der Waals surface area contributed by atoms with Gasteiger partial charge in [-0.2, -0.15) is 0 Å². The van der Waals surface area contributed by atoms with Crippen LogP contribution in [0.15, 0.2) is 35.5 Å². The highest BCUT2D eigenvalue weighted by atomic mass is 16.5. The lowest BCUT2D eigenvalue weighted by Crippen LogP contribution is -2.21. The summed E-state index contributed by atoms with van der Waals surface area (Å²) in [6, 6.07) is 6.18. The van der Waals surface area contributed by atoms with Gasteiger partial charge in [0, 0.05) is 17.1 Å². The van der Waals surface area contributed by atoms with Gasteiger partial charge in [-0.1, -0.05) is 6.07 Å². The van der Waals surface area contributed by atoms with Crippen molar-refractivity contribution in [2.24, 2.45) is 4.99 Å². The summed E-state index contributed by atoms with van der Waals surface area (Å²) in [6.45, 7) is 0.123. The number of carbonyl (C=O) groups is 2. The number of nitrogens with zero attached hydrogens (tertiary/aromatic N) is 2.